The molecule has 1 aromatic rings. The number of amides is 1. The molecule has 0 radical (unpaired) electrons. The summed E-state index contributed by atoms with van der Waals surface area (Å²) in [6, 6.07) is 0. The van der Waals surface area contributed by atoms with Crippen LogP contribution in [0.4, 0.5) is 0 Å². The third-order valence-corrected chi connectivity index (χ3v) is 3.29. The zero-order valence-electron chi connectivity index (χ0n) is 10.1. The molecular weight excluding hydrogens is 220 g/mol. The van der Waals surface area contributed by atoms with Gasteiger partial charge >= 0.3 is 0 Å². The Morgan fingerprint density at radius 2 is 2.53 bits per heavy atom. The highest BCUT2D eigenvalue weighted by molar-refractivity contribution is 5.92. The number of aromatic nitrogens is 1. The number of likely N-dealkylation sites (tertiary alicyclic amines) is 1. The summed E-state index contributed by atoms with van der Waals surface area (Å²) < 4.78 is 4.98. The summed E-state index contributed by atoms with van der Waals surface area (Å²) in [7, 11) is 0. The van der Waals surface area contributed by atoms with Crippen LogP contribution in [0.5, 0.6) is 0 Å². The monoisotopic (exact) mass is 238 g/mol. The molecule has 0 aliphatic carbocycles. The second kappa shape index (κ2) is 5.31. The van der Waals surface area contributed by atoms with Gasteiger partial charge in [-0.05, 0) is 32.1 Å². The molecule has 2 heterocycles. The number of nitrogens with zero attached hydrogens (tertiary/aromatic N) is 2. The zero-order valence-corrected chi connectivity index (χ0v) is 10.1. The maximum absolute atomic E-state index is 12.2. The van der Waals surface area contributed by atoms with Crippen molar-refractivity contribution in [2.75, 3.05) is 19.7 Å². The van der Waals surface area contributed by atoms with Crippen molar-refractivity contribution in [3.63, 3.8) is 0 Å². The van der Waals surface area contributed by atoms with Crippen molar-refractivity contribution in [3.05, 3.63) is 17.5 Å². The van der Waals surface area contributed by atoms with Crippen LogP contribution in [-0.2, 0) is 0 Å². The molecule has 1 unspecified atom stereocenters. The fourth-order valence-electron chi connectivity index (χ4n) is 2.31. The molecule has 1 aromatic heterocycles. The van der Waals surface area contributed by atoms with E-state index in [1.165, 1.54) is 0 Å². The van der Waals surface area contributed by atoms with Crippen LogP contribution in [0, 0.1) is 12.8 Å². The third-order valence-electron chi connectivity index (χ3n) is 3.29. The summed E-state index contributed by atoms with van der Waals surface area (Å²) in [5.74, 6) is 0.665. The number of carbonyl (C=O) groups excluding carboxylic acids is 1. The molecule has 1 aliphatic rings. The van der Waals surface area contributed by atoms with E-state index in [2.05, 4.69) is 5.16 Å². The van der Waals surface area contributed by atoms with Crippen LogP contribution in [0.2, 0.25) is 0 Å². The Hall–Kier alpha value is -1.36. The van der Waals surface area contributed by atoms with Gasteiger partial charge in [0.25, 0.3) is 5.91 Å². The topological polar surface area (TPSA) is 66.6 Å². The molecule has 1 fully saturated rings. The smallest absolute Gasteiger partial charge is 0.292 e. The number of aliphatic hydroxyl groups excluding tert-OH is 1. The van der Waals surface area contributed by atoms with E-state index in [4.69, 9.17) is 9.63 Å². The minimum Gasteiger partial charge on any atom is -0.396 e. The van der Waals surface area contributed by atoms with E-state index in [-0.39, 0.29) is 12.5 Å². The molecule has 0 saturated carbocycles. The quantitative estimate of drug-likeness (QED) is 0.859. The highest BCUT2D eigenvalue weighted by Gasteiger charge is 2.27. The largest absolute Gasteiger partial charge is 0.396 e. The van der Waals surface area contributed by atoms with Crippen LogP contribution in [0.1, 0.15) is 35.4 Å². The lowest BCUT2D eigenvalue weighted by Crippen LogP contribution is -2.40. The van der Waals surface area contributed by atoms with E-state index in [0.29, 0.717) is 18.2 Å². The minimum atomic E-state index is -0.0809. The Balaban J connectivity index is 2.02. The summed E-state index contributed by atoms with van der Waals surface area (Å²) in [5, 5.41) is 12.6. The van der Waals surface area contributed by atoms with Crippen molar-refractivity contribution < 1.29 is 14.4 Å². The Morgan fingerprint density at radius 1 is 1.71 bits per heavy atom. The molecule has 5 heteroatoms. The maximum atomic E-state index is 12.2. The van der Waals surface area contributed by atoms with Crippen LogP contribution in [0.15, 0.2) is 10.7 Å². The van der Waals surface area contributed by atoms with Gasteiger partial charge in [0.05, 0.1) is 6.20 Å². The number of piperidine rings is 1. The number of hydrogen-bond acceptors (Lipinski definition) is 4. The molecule has 1 atom stereocenters. The predicted octanol–water partition coefficient (Wildman–Crippen LogP) is 1.22. The molecule has 94 valence electrons. The van der Waals surface area contributed by atoms with Crippen molar-refractivity contribution >= 4 is 5.91 Å². The van der Waals surface area contributed by atoms with Crippen LogP contribution in [-0.4, -0.2) is 40.8 Å². The van der Waals surface area contributed by atoms with Gasteiger partial charge in [-0.15, -0.1) is 0 Å². The van der Waals surface area contributed by atoms with E-state index < -0.39 is 0 Å². The summed E-state index contributed by atoms with van der Waals surface area (Å²) in [6.07, 6.45) is 4.39. The average molecular weight is 238 g/mol. The van der Waals surface area contributed by atoms with Gasteiger partial charge in [-0.3, -0.25) is 4.79 Å². The standard InChI is InChI=1S/C12H18N2O3/c1-9-7-13-17-11(9)12(16)14-5-2-3-10(8-14)4-6-15/h7,10,15H,2-6,8H2,1H3. The summed E-state index contributed by atoms with van der Waals surface area (Å²) in [6.45, 7) is 3.48. The minimum absolute atomic E-state index is 0.0809. The lowest BCUT2D eigenvalue weighted by atomic mass is 9.95. The second-order valence-electron chi connectivity index (χ2n) is 4.61. The first-order valence-corrected chi connectivity index (χ1v) is 6.03. The van der Waals surface area contributed by atoms with Crippen molar-refractivity contribution in [3.8, 4) is 0 Å². The molecule has 0 spiro atoms. The SMILES string of the molecule is Cc1cnoc1C(=O)N1CCCC(CCO)C1. The van der Waals surface area contributed by atoms with Crippen molar-refractivity contribution in [1.29, 1.82) is 0 Å². The van der Waals surface area contributed by atoms with Crippen LogP contribution in [0.3, 0.4) is 0 Å². The van der Waals surface area contributed by atoms with E-state index in [1.54, 1.807) is 11.1 Å². The van der Waals surface area contributed by atoms with Gasteiger partial charge in [0.15, 0.2) is 0 Å². The van der Waals surface area contributed by atoms with Crippen LogP contribution < -0.4 is 0 Å². The zero-order chi connectivity index (χ0) is 12.3. The molecule has 17 heavy (non-hydrogen) atoms. The summed E-state index contributed by atoms with van der Waals surface area (Å²) >= 11 is 0. The molecule has 1 aliphatic heterocycles. The number of aliphatic hydroxyl groups is 1. The second-order valence-corrected chi connectivity index (χ2v) is 4.61. The van der Waals surface area contributed by atoms with Crippen LogP contribution >= 0.6 is 0 Å². The van der Waals surface area contributed by atoms with Gasteiger partial charge in [0.1, 0.15) is 0 Å². The van der Waals surface area contributed by atoms with Gasteiger partial charge in [-0.25, -0.2) is 0 Å². The average Bonchev–Trinajstić information content (AvgIpc) is 2.75. The summed E-state index contributed by atoms with van der Waals surface area (Å²) in [4.78, 5) is 14.0. The molecule has 1 saturated heterocycles. The van der Waals surface area contributed by atoms with Gasteiger partial charge < -0.3 is 14.5 Å². The van der Waals surface area contributed by atoms with Gasteiger partial charge in [0.2, 0.25) is 5.76 Å². The number of rotatable bonds is 3. The number of hydrogen-bond donors (Lipinski definition) is 1. The van der Waals surface area contributed by atoms with E-state index in [9.17, 15) is 4.79 Å². The predicted molar refractivity (Wildman–Crippen MR) is 61.6 cm³/mol. The fraction of sp³-hybridized carbons (Fsp3) is 0.667. The van der Waals surface area contributed by atoms with E-state index >= 15 is 0 Å². The van der Waals surface area contributed by atoms with Crippen molar-refractivity contribution in [2.24, 2.45) is 5.92 Å². The highest BCUT2D eigenvalue weighted by atomic mass is 16.5. The summed E-state index contributed by atoms with van der Waals surface area (Å²) in [5.41, 5.74) is 0.777. The van der Waals surface area contributed by atoms with Crippen molar-refractivity contribution in [1.82, 2.24) is 10.1 Å². The molecule has 1 amide bonds. The van der Waals surface area contributed by atoms with Crippen LogP contribution in [0.25, 0.3) is 0 Å². The number of carbonyl (C=O) groups is 1. The third kappa shape index (κ3) is 2.66. The first-order valence-electron chi connectivity index (χ1n) is 6.03. The van der Waals surface area contributed by atoms with Gasteiger partial charge in [0, 0.05) is 25.3 Å². The van der Waals surface area contributed by atoms with Gasteiger partial charge in [-0.1, -0.05) is 5.16 Å². The molecule has 0 aromatic carbocycles. The number of aryl methyl sites for hydroxylation is 1. The molecule has 5 nitrogen and oxygen atoms in total. The molecule has 2 rings (SSSR count). The normalized spacial score (nSPS) is 20.6. The van der Waals surface area contributed by atoms with Gasteiger partial charge in [-0.2, -0.15) is 0 Å². The lowest BCUT2D eigenvalue weighted by molar-refractivity contribution is 0.0611. The molecule has 1 N–H and O–H groups in total. The van der Waals surface area contributed by atoms with Crippen molar-refractivity contribution in [2.45, 2.75) is 26.2 Å². The Morgan fingerprint density at radius 3 is 3.18 bits per heavy atom. The first kappa shape index (κ1) is 12.1. The Bertz CT molecular complexity index is 387. The molecule has 0 bridgehead atoms. The Labute approximate surface area is 100 Å². The van der Waals surface area contributed by atoms with E-state index in [1.807, 2.05) is 6.92 Å². The first-order chi connectivity index (χ1) is 8.22. The highest BCUT2D eigenvalue weighted by Crippen LogP contribution is 2.21. The maximum Gasteiger partial charge on any atom is 0.292 e. The van der Waals surface area contributed by atoms with E-state index in [0.717, 1.165) is 31.4 Å². The Kier molecular flexibility index (Phi) is 3.78. The molecular formula is C12H18N2O3. The fourth-order valence-corrected chi connectivity index (χ4v) is 2.31. The lowest BCUT2D eigenvalue weighted by Gasteiger charge is -2.31.